The Kier molecular flexibility index (Phi) is 3.21. The second-order valence-electron chi connectivity index (χ2n) is 4.99. The van der Waals surface area contributed by atoms with E-state index >= 15 is 0 Å². The molecule has 1 aromatic heterocycles. The van der Waals surface area contributed by atoms with E-state index in [2.05, 4.69) is 15.5 Å². The van der Waals surface area contributed by atoms with Gasteiger partial charge < -0.3 is 9.84 Å². The standard InChI is InChI=1S/C13H15N3O3S/c1-20(17,18)8-12-15-13(19-16-12)10-4-5-11-9(7-10)3-2-6-14-11/h4-5,7,14H,2-3,6,8H2,1H3. The maximum absolute atomic E-state index is 11.2. The number of aryl methyl sites for hydroxylation is 1. The van der Waals surface area contributed by atoms with E-state index in [1.54, 1.807) is 0 Å². The molecular formula is C13H15N3O3S. The summed E-state index contributed by atoms with van der Waals surface area (Å²) in [6, 6.07) is 5.90. The van der Waals surface area contributed by atoms with Crippen LogP contribution in [0.2, 0.25) is 0 Å². The summed E-state index contributed by atoms with van der Waals surface area (Å²) >= 11 is 0. The molecule has 0 amide bonds. The van der Waals surface area contributed by atoms with E-state index in [1.165, 1.54) is 5.56 Å². The lowest BCUT2D eigenvalue weighted by atomic mass is 10.0. The number of aromatic nitrogens is 2. The first kappa shape index (κ1) is 13.1. The molecule has 0 aliphatic carbocycles. The molecule has 0 atom stereocenters. The predicted molar refractivity (Wildman–Crippen MR) is 75.1 cm³/mol. The second-order valence-corrected chi connectivity index (χ2v) is 7.13. The molecule has 1 aromatic carbocycles. The van der Waals surface area contributed by atoms with E-state index in [0.717, 1.165) is 36.9 Å². The summed E-state index contributed by atoms with van der Waals surface area (Å²) in [5.74, 6) is 0.346. The molecular weight excluding hydrogens is 278 g/mol. The van der Waals surface area contributed by atoms with Crippen LogP contribution < -0.4 is 5.32 Å². The molecule has 106 valence electrons. The molecule has 3 rings (SSSR count). The van der Waals surface area contributed by atoms with Gasteiger partial charge in [-0.25, -0.2) is 8.42 Å². The van der Waals surface area contributed by atoms with Crippen LogP contribution in [0.25, 0.3) is 11.5 Å². The summed E-state index contributed by atoms with van der Waals surface area (Å²) in [5.41, 5.74) is 3.17. The Morgan fingerprint density at radius 1 is 1.40 bits per heavy atom. The van der Waals surface area contributed by atoms with Crippen molar-refractivity contribution in [2.24, 2.45) is 0 Å². The first-order chi connectivity index (χ1) is 9.51. The molecule has 0 unspecified atom stereocenters. The van der Waals surface area contributed by atoms with Gasteiger partial charge in [0, 0.05) is 24.1 Å². The molecule has 0 radical (unpaired) electrons. The molecule has 6 nitrogen and oxygen atoms in total. The van der Waals surface area contributed by atoms with Crippen molar-refractivity contribution in [3.63, 3.8) is 0 Å². The summed E-state index contributed by atoms with van der Waals surface area (Å²) in [7, 11) is -3.16. The largest absolute Gasteiger partial charge is 0.385 e. The zero-order chi connectivity index (χ0) is 14.2. The Labute approximate surface area is 117 Å². The molecule has 0 saturated carbocycles. The number of sulfone groups is 1. The summed E-state index contributed by atoms with van der Waals surface area (Å²) in [4.78, 5) is 4.14. The van der Waals surface area contributed by atoms with Gasteiger partial charge in [0.05, 0.1) is 0 Å². The fraction of sp³-hybridized carbons (Fsp3) is 0.385. The van der Waals surface area contributed by atoms with Crippen molar-refractivity contribution in [3.8, 4) is 11.5 Å². The highest BCUT2D eigenvalue weighted by Crippen LogP contribution is 2.27. The van der Waals surface area contributed by atoms with Gasteiger partial charge in [-0.1, -0.05) is 5.16 Å². The van der Waals surface area contributed by atoms with Crippen molar-refractivity contribution in [2.75, 3.05) is 18.1 Å². The molecule has 0 bridgehead atoms. The lowest BCUT2D eigenvalue weighted by molar-refractivity contribution is 0.424. The van der Waals surface area contributed by atoms with Crippen molar-refractivity contribution in [2.45, 2.75) is 18.6 Å². The molecule has 20 heavy (non-hydrogen) atoms. The number of fused-ring (bicyclic) bond motifs is 1. The zero-order valence-electron chi connectivity index (χ0n) is 11.1. The number of hydrogen-bond donors (Lipinski definition) is 1. The second kappa shape index (κ2) is 4.90. The number of nitrogens with zero attached hydrogens (tertiary/aromatic N) is 2. The highest BCUT2D eigenvalue weighted by Gasteiger charge is 2.15. The zero-order valence-corrected chi connectivity index (χ0v) is 11.9. The van der Waals surface area contributed by atoms with Gasteiger partial charge in [-0.2, -0.15) is 4.98 Å². The van der Waals surface area contributed by atoms with Gasteiger partial charge in [-0.3, -0.25) is 0 Å². The smallest absolute Gasteiger partial charge is 0.257 e. The van der Waals surface area contributed by atoms with Gasteiger partial charge in [0.2, 0.25) is 0 Å². The van der Waals surface area contributed by atoms with Crippen molar-refractivity contribution < 1.29 is 12.9 Å². The Morgan fingerprint density at radius 3 is 3.05 bits per heavy atom. The van der Waals surface area contributed by atoms with E-state index in [9.17, 15) is 8.42 Å². The Morgan fingerprint density at radius 2 is 2.25 bits per heavy atom. The van der Waals surface area contributed by atoms with Gasteiger partial charge in [-0.15, -0.1) is 0 Å². The minimum Gasteiger partial charge on any atom is -0.385 e. The maximum atomic E-state index is 11.2. The number of anilines is 1. The molecule has 7 heteroatoms. The number of benzene rings is 1. The van der Waals surface area contributed by atoms with Crippen LogP contribution in [0.15, 0.2) is 22.7 Å². The fourth-order valence-electron chi connectivity index (χ4n) is 2.27. The lowest BCUT2D eigenvalue weighted by Crippen LogP contribution is -2.11. The molecule has 0 fully saturated rings. The van der Waals surface area contributed by atoms with Crippen LogP contribution >= 0.6 is 0 Å². The third kappa shape index (κ3) is 2.82. The summed E-state index contributed by atoms with van der Waals surface area (Å²) in [5, 5.41) is 7.04. The van der Waals surface area contributed by atoms with Crippen LogP contribution in [-0.2, 0) is 22.0 Å². The highest BCUT2D eigenvalue weighted by molar-refractivity contribution is 7.89. The first-order valence-electron chi connectivity index (χ1n) is 6.39. The minimum atomic E-state index is -3.16. The predicted octanol–water partition coefficient (Wildman–Crippen LogP) is 1.64. The number of hydrogen-bond acceptors (Lipinski definition) is 6. The minimum absolute atomic E-state index is 0.193. The summed E-state index contributed by atoms with van der Waals surface area (Å²) in [6.45, 7) is 0.991. The van der Waals surface area contributed by atoms with Crippen LogP contribution in [0.1, 0.15) is 17.8 Å². The molecule has 0 spiro atoms. The van der Waals surface area contributed by atoms with Gasteiger partial charge >= 0.3 is 0 Å². The molecule has 2 heterocycles. The van der Waals surface area contributed by atoms with Gasteiger partial charge in [0.15, 0.2) is 15.7 Å². The van der Waals surface area contributed by atoms with E-state index < -0.39 is 9.84 Å². The quantitative estimate of drug-likeness (QED) is 0.926. The molecule has 1 aliphatic heterocycles. The van der Waals surface area contributed by atoms with Gasteiger partial charge in [-0.05, 0) is 36.6 Å². The van der Waals surface area contributed by atoms with Crippen molar-refractivity contribution in [3.05, 3.63) is 29.6 Å². The van der Waals surface area contributed by atoms with E-state index in [-0.39, 0.29) is 11.6 Å². The van der Waals surface area contributed by atoms with E-state index in [0.29, 0.717) is 5.89 Å². The Hall–Kier alpha value is -1.89. The Bertz CT molecular complexity index is 737. The highest BCUT2D eigenvalue weighted by atomic mass is 32.2. The van der Waals surface area contributed by atoms with Crippen LogP contribution in [0, 0.1) is 0 Å². The van der Waals surface area contributed by atoms with Crippen molar-refractivity contribution in [1.29, 1.82) is 0 Å². The summed E-state index contributed by atoms with van der Waals surface area (Å²) < 4.78 is 27.6. The average molecular weight is 293 g/mol. The fourth-order valence-corrected chi connectivity index (χ4v) is 2.86. The summed E-state index contributed by atoms with van der Waals surface area (Å²) in [6.07, 6.45) is 3.26. The van der Waals surface area contributed by atoms with Gasteiger partial charge in [0.1, 0.15) is 5.75 Å². The molecule has 1 N–H and O–H groups in total. The number of nitrogens with one attached hydrogen (secondary N) is 1. The third-order valence-electron chi connectivity index (χ3n) is 3.15. The van der Waals surface area contributed by atoms with E-state index in [4.69, 9.17) is 4.52 Å². The van der Waals surface area contributed by atoms with Crippen LogP contribution in [-0.4, -0.2) is 31.4 Å². The van der Waals surface area contributed by atoms with Crippen LogP contribution in [0.3, 0.4) is 0 Å². The van der Waals surface area contributed by atoms with Gasteiger partial charge in [0.25, 0.3) is 5.89 Å². The number of rotatable bonds is 3. The maximum Gasteiger partial charge on any atom is 0.257 e. The molecule has 0 saturated heterocycles. The van der Waals surface area contributed by atoms with E-state index in [1.807, 2.05) is 18.2 Å². The Balaban J connectivity index is 1.89. The lowest BCUT2D eigenvalue weighted by Gasteiger charge is -2.17. The van der Waals surface area contributed by atoms with Crippen LogP contribution in [0.4, 0.5) is 5.69 Å². The van der Waals surface area contributed by atoms with Crippen molar-refractivity contribution in [1.82, 2.24) is 10.1 Å². The molecule has 2 aromatic rings. The van der Waals surface area contributed by atoms with Crippen LogP contribution in [0.5, 0.6) is 0 Å². The normalized spacial score (nSPS) is 14.7. The third-order valence-corrected chi connectivity index (χ3v) is 3.93. The van der Waals surface area contributed by atoms with Crippen molar-refractivity contribution >= 4 is 15.5 Å². The first-order valence-corrected chi connectivity index (χ1v) is 8.45. The topological polar surface area (TPSA) is 85.1 Å². The average Bonchev–Trinajstić information content (AvgIpc) is 2.84. The SMILES string of the molecule is CS(=O)(=O)Cc1noc(-c2ccc3c(c2)CCCN3)n1. The molecule has 1 aliphatic rings. The monoisotopic (exact) mass is 293 g/mol.